The van der Waals surface area contributed by atoms with Crippen molar-refractivity contribution in [1.29, 1.82) is 0 Å². The van der Waals surface area contributed by atoms with Gasteiger partial charge >= 0.3 is 0 Å². The lowest BCUT2D eigenvalue weighted by Crippen LogP contribution is -2.01. The van der Waals surface area contributed by atoms with E-state index < -0.39 is 0 Å². The van der Waals surface area contributed by atoms with E-state index in [-0.39, 0.29) is 0 Å². The summed E-state index contributed by atoms with van der Waals surface area (Å²) in [5, 5.41) is 13.0. The molecule has 0 unspecified atom stereocenters. The van der Waals surface area contributed by atoms with Gasteiger partial charge in [0, 0.05) is 28.3 Å². The van der Waals surface area contributed by atoms with Gasteiger partial charge in [0.25, 0.3) is 0 Å². The van der Waals surface area contributed by atoms with Crippen LogP contribution >= 0.6 is 0 Å². The minimum absolute atomic E-state index is 0.611. The number of nitrogens with zero attached hydrogens (tertiary/aromatic N) is 4. The summed E-state index contributed by atoms with van der Waals surface area (Å²) < 4.78 is 0. The molecule has 4 heteroatoms. The second kappa shape index (κ2) is 13.8. The summed E-state index contributed by atoms with van der Waals surface area (Å²) in [5.41, 5.74) is 8.24. The maximum absolute atomic E-state index is 5.33. The highest BCUT2D eigenvalue weighted by atomic mass is 15.0. The fraction of sp³-hybridized carbons (Fsp3) is 0. The van der Waals surface area contributed by atoms with E-state index in [9.17, 15) is 0 Å². The molecule has 278 valence electrons. The highest BCUT2D eigenvalue weighted by molar-refractivity contribution is 6.16. The molecule has 12 rings (SSSR count). The van der Waals surface area contributed by atoms with Crippen molar-refractivity contribution in [3.8, 4) is 56.4 Å². The van der Waals surface area contributed by atoms with Gasteiger partial charge in [-0.3, -0.25) is 4.98 Å². The van der Waals surface area contributed by atoms with Gasteiger partial charge in [-0.15, -0.1) is 0 Å². The van der Waals surface area contributed by atoms with Crippen molar-refractivity contribution in [3.05, 3.63) is 206 Å². The van der Waals surface area contributed by atoms with E-state index in [4.69, 9.17) is 15.0 Å². The van der Waals surface area contributed by atoms with Gasteiger partial charge in [-0.2, -0.15) is 0 Å². The van der Waals surface area contributed by atoms with E-state index in [2.05, 4.69) is 181 Å². The summed E-state index contributed by atoms with van der Waals surface area (Å²) >= 11 is 0. The van der Waals surface area contributed by atoms with Crippen LogP contribution < -0.4 is 0 Å². The Hall–Kier alpha value is -8.08. The molecule has 0 saturated heterocycles. The topological polar surface area (TPSA) is 51.6 Å². The van der Waals surface area contributed by atoms with E-state index in [1.807, 2.05) is 30.5 Å². The highest BCUT2D eigenvalue weighted by Crippen LogP contribution is 2.42. The van der Waals surface area contributed by atoms with Gasteiger partial charge < -0.3 is 0 Å². The average molecular weight is 763 g/mol. The van der Waals surface area contributed by atoms with Crippen LogP contribution in [0.2, 0.25) is 0 Å². The average Bonchev–Trinajstić information content (AvgIpc) is 3.32. The number of pyridine rings is 1. The molecule has 4 nitrogen and oxygen atoms in total. The first-order chi connectivity index (χ1) is 29.7. The van der Waals surface area contributed by atoms with E-state index in [0.717, 1.165) is 60.6 Å². The number of rotatable bonds is 5. The molecular formula is C56H34N4. The zero-order valence-corrected chi connectivity index (χ0v) is 32.4. The van der Waals surface area contributed by atoms with Crippen molar-refractivity contribution in [1.82, 2.24) is 19.9 Å². The van der Waals surface area contributed by atoms with Gasteiger partial charge in [-0.25, -0.2) is 15.0 Å². The van der Waals surface area contributed by atoms with Gasteiger partial charge in [0.15, 0.2) is 17.5 Å². The van der Waals surface area contributed by atoms with Crippen molar-refractivity contribution >= 4 is 64.8 Å². The molecule has 0 N–H and O–H groups in total. The third-order valence-corrected chi connectivity index (χ3v) is 11.8. The second-order valence-corrected chi connectivity index (χ2v) is 15.5. The molecule has 0 spiro atoms. The molecule has 0 atom stereocenters. The third-order valence-electron chi connectivity index (χ3n) is 11.8. The zero-order chi connectivity index (χ0) is 39.6. The van der Waals surface area contributed by atoms with Gasteiger partial charge in [-0.05, 0) is 131 Å². The summed E-state index contributed by atoms with van der Waals surface area (Å²) in [6.45, 7) is 0. The Labute approximate surface area is 346 Å². The predicted octanol–water partition coefficient (Wildman–Crippen LogP) is 14.5. The molecule has 0 aliphatic heterocycles. The monoisotopic (exact) mass is 762 g/mol. The van der Waals surface area contributed by atoms with E-state index in [1.165, 1.54) is 43.1 Å². The molecule has 0 saturated carbocycles. The van der Waals surface area contributed by atoms with Crippen LogP contribution in [-0.2, 0) is 0 Å². The number of fused-ring (bicyclic) bond motifs is 8. The fourth-order valence-corrected chi connectivity index (χ4v) is 8.96. The Morgan fingerprint density at radius 2 is 0.750 bits per heavy atom. The molecular weight excluding hydrogens is 729 g/mol. The lowest BCUT2D eigenvalue weighted by atomic mass is 9.88. The first-order valence-electron chi connectivity index (χ1n) is 20.3. The molecule has 0 radical (unpaired) electrons. The Morgan fingerprint density at radius 1 is 0.250 bits per heavy atom. The number of hydrogen-bond donors (Lipinski definition) is 0. The summed E-state index contributed by atoms with van der Waals surface area (Å²) in [5.74, 6) is 1.85. The van der Waals surface area contributed by atoms with Crippen LogP contribution in [0.25, 0.3) is 121 Å². The van der Waals surface area contributed by atoms with Crippen LogP contribution in [0.1, 0.15) is 0 Å². The van der Waals surface area contributed by atoms with Crippen molar-refractivity contribution < 1.29 is 0 Å². The molecule has 2 aromatic heterocycles. The van der Waals surface area contributed by atoms with Crippen LogP contribution in [0, 0.1) is 0 Å². The van der Waals surface area contributed by atoms with Crippen LogP contribution in [0.4, 0.5) is 0 Å². The SMILES string of the molecule is c1ccc(-c2nc(-c3cc(-c4cc5ccccc5c5ccccc45)cc(-c4cc5ccccc5c5ccccc45)c3)nc(-c3ccc4cc5ncccc5cc4c3)n2)cc1. The molecule has 0 fully saturated rings. The largest absolute Gasteiger partial charge is 0.256 e. The minimum Gasteiger partial charge on any atom is -0.256 e. The predicted molar refractivity (Wildman–Crippen MR) is 250 cm³/mol. The highest BCUT2D eigenvalue weighted by Gasteiger charge is 2.18. The molecule has 0 amide bonds. The molecule has 0 aliphatic carbocycles. The summed E-state index contributed by atoms with van der Waals surface area (Å²) in [7, 11) is 0. The minimum atomic E-state index is 0.611. The number of benzene rings is 10. The van der Waals surface area contributed by atoms with Crippen LogP contribution in [0.15, 0.2) is 206 Å². The lowest BCUT2D eigenvalue weighted by Gasteiger charge is -2.16. The molecule has 60 heavy (non-hydrogen) atoms. The van der Waals surface area contributed by atoms with Crippen LogP contribution in [0.3, 0.4) is 0 Å². The Balaban J connectivity index is 1.14. The fourth-order valence-electron chi connectivity index (χ4n) is 8.96. The first-order valence-corrected chi connectivity index (χ1v) is 20.3. The number of hydrogen-bond acceptors (Lipinski definition) is 4. The molecule has 12 aromatic rings. The smallest absolute Gasteiger partial charge is 0.164 e. The van der Waals surface area contributed by atoms with Gasteiger partial charge in [0.1, 0.15) is 0 Å². The van der Waals surface area contributed by atoms with Crippen molar-refractivity contribution in [3.63, 3.8) is 0 Å². The lowest BCUT2D eigenvalue weighted by molar-refractivity contribution is 1.07. The maximum Gasteiger partial charge on any atom is 0.164 e. The first kappa shape index (κ1) is 34.0. The normalized spacial score (nSPS) is 11.7. The summed E-state index contributed by atoms with van der Waals surface area (Å²) in [6, 6.07) is 71.4. The molecule has 10 aromatic carbocycles. The third kappa shape index (κ3) is 5.77. The van der Waals surface area contributed by atoms with Gasteiger partial charge in [0.05, 0.1) is 5.52 Å². The zero-order valence-electron chi connectivity index (χ0n) is 32.4. The maximum atomic E-state index is 5.33. The standard InChI is InChI=1S/C56H34N4/c1-2-13-35(14-3-1)54-58-55(40-25-24-36-34-53-39(17-12-26-57-53)27-41(36)28-40)60-56(59-54)44-30-42(51-32-37-15-4-6-18-45(37)47-20-8-10-22-49(47)51)29-43(31-44)52-33-38-16-5-7-19-46(38)48-21-9-11-23-50(48)52/h1-34H. The second-order valence-electron chi connectivity index (χ2n) is 15.5. The summed E-state index contributed by atoms with van der Waals surface area (Å²) in [6.07, 6.45) is 1.84. The van der Waals surface area contributed by atoms with E-state index in [0.29, 0.717) is 17.5 Å². The van der Waals surface area contributed by atoms with Crippen molar-refractivity contribution in [2.45, 2.75) is 0 Å². The van der Waals surface area contributed by atoms with Crippen molar-refractivity contribution in [2.24, 2.45) is 0 Å². The Morgan fingerprint density at radius 3 is 1.38 bits per heavy atom. The quantitative estimate of drug-likeness (QED) is 0.129. The van der Waals surface area contributed by atoms with Crippen LogP contribution in [-0.4, -0.2) is 19.9 Å². The van der Waals surface area contributed by atoms with E-state index >= 15 is 0 Å². The van der Waals surface area contributed by atoms with Gasteiger partial charge in [-0.1, -0.05) is 146 Å². The Kier molecular flexibility index (Phi) is 7.82. The molecule has 0 bridgehead atoms. The summed E-state index contributed by atoms with van der Waals surface area (Å²) in [4.78, 5) is 20.3. The molecule has 2 heterocycles. The Bertz CT molecular complexity index is 3530. The number of aromatic nitrogens is 4. The van der Waals surface area contributed by atoms with Crippen molar-refractivity contribution in [2.75, 3.05) is 0 Å². The molecule has 0 aliphatic rings. The van der Waals surface area contributed by atoms with Gasteiger partial charge in [0.2, 0.25) is 0 Å². The van der Waals surface area contributed by atoms with Crippen LogP contribution in [0.5, 0.6) is 0 Å². The van der Waals surface area contributed by atoms with E-state index in [1.54, 1.807) is 0 Å².